The van der Waals surface area contributed by atoms with Crippen LogP contribution in [0.15, 0.2) is 23.3 Å². The fraction of sp³-hybridized carbons (Fsp3) is 0.911. The van der Waals surface area contributed by atoms with E-state index in [9.17, 15) is 84.1 Å². The van der Waals surface area contributed by atoms with Crippen LogP contribution in [0.3, 0.4) is 0 Å². The van der Waals surface area contributed by atoms with Gasteiger partial charge in [0.2, 0.25) is 10.4 Å². The van der Waals surface area contributed by atoms with E-state index in [1.807, 2.05) is 13.8 Å². The van der Waals surface area contributed by atoms with Gasteiger partial charge in [-0.3, -0.25) is 8.98 Å². The first-order valence-electron chi connectivity index (χ1n) is 29.5. The molecular weight excluding hydrogens is 1180 g/mol. The molecule has 0 radical (unpaired) electrons. The van der Waals surface area contributed by atoms with E-state index in [2.05, 4.69) is 19.9 Å². The van der Waals surface area contributed by atoms with Crippen LogP contribution in [0.5, 0.6) is 0 Å². The van der Waals surface area contributed by atoms with Crippen LogP contribution in [-0.4, -0.2) is 264 Å². The number of ether oxygens (including phenoxy) is 10. The third-order valence-corrected chi connectivity index (χ3v) is 20.6. The molecule has 0 amide bonds. The van der Waals surface area contributed by atoms with Crippen LogP contribution in [0, 0.1) is 34.5 Å². The number of carbonyl (C=O) groups is 1. The first-order chi connectivity index (χ1) is 39.7. The molecule has 86 heavy (non-hydrogen) atoms. The Labute approximate surface area is 521 Å². The van der Waals surface area contributed by atoms with Gasteiger partial charge in [0, 0.05) is 6.42 Å². The van der Waals surface area contributed by atoms with Gasteiger partial charge in [0.05, 0.1) is 49.3 Å². The minimum Gasteiger partial charge on any atom is -0.726 e. The zero-order chi connectivity index (χ0) is 62.3. The summed E-state index contributed by atoms with van der Waals surface area (Å²) in [4.78, 5) is 13.1. The van der Waals surface area contributed by atoms with Gasteiger partial charge in [-0.05, 0) is 127 Å². The van der Waals surface area contributed by atoms with Gasteiger partial charge in [0.25, 0.3) is 0 Å². The summed E-state index contributed by atoms with van der Waals surface area (Å²) in [6.07, 6.45) is -36.5. The van der Waals surface area contributed by atoms with Crippen molar-refractivity contribution in [2.24, 2.45) is 34.5 Å². The van der Waals surface area contributed by atoms with Gasteiger partial charge in [-0.2, -0.15) is 0 Å². The van der Waals surface area contributed by atoms with E-state index in [-0.39, 0.29) is 72.4 Å². The Hall–Kier alpha value is -0.900. The summed E-state index contributed by atoms with van der Waals surface area (Å²) >= 11 is 0. The summed E-state index contributed by atoms with van der Waals surface area (Å²) in [5.74, 6) is -1.21. The van der Waals surface area contributed by atoms with E-state index in [1.54, 1.807) is 6.92 Å². The number of hydrogen-bond donors (Lipinski definition) is 13. The van der Waals surface area contributed by atoms with Crippen molar-refractivity contribution in [2.45, 2.75) is 272 Å². The largest absolute Gasteiger partial charge is 1.00 e. The Bertz CT molecular complexity index is 2490. The molecule has 0 spiro atoms. The second-order valence-corrected chi connectivity index (χ2v) is 27.2. The summed E-state index contributed by atoms with van der Waals surface area (Å²) in [5.41, 5.74) is -0.577. The number of carbonyl (C=O) groups excluding carboxylic acids is 1. The van der Waals surface area contributed by atoms with Crippen LogP contribution < -0.4 is 29.6 Å². The molecule has 30 heteroatoms. The van der Waals surface area contributed by atoms with E-state index >= 15 is 0 Å². The number of rotatable bonds is 17. The molecule has 5 saturated heterocycles. The first-order valence-corrected chi connectivity index (χ1v) is 30.9. The molecule has 5 heterocycles. The maximum absolute atomic E-state index is 13.1. The van der Waals surface area contributed by atoms with Gasteiger partial charge < -0.3 is 118 Å². The maximum Gasteiger partial charge on any atom is 1.00 e. The average molecular weight is 1270 g/mol. The molecular formula is C56H89NaO28S. The Morgan fingerprint density at radius 1 is 0.663 bits per heavy atom. The topological polar surface area (TPSA) is 439 Å². The van der Waals surface area contributed by atoms with Crippen molar-refractivity contribution in [3.8, 4) is 0 Å². The summed E-state index contributed by atoms with van der Waals surface area (Å²) in [5, 5.41) is 145. The van der Waals surface area contributed by atoms with Gasteiger partial charge in [-0.25, -0.2) is 8.42 Å². The zero-order valence-electron chi connectivity index (χ0n) is 49.9. The van der Waals surface area contributed by atoms with E-state index in [4.69, 9.17) is 51.6 Å². The van der Waals surface area contributed by atoms with Crippen molar-refractivity contribution in [1.29, 1.82) is 0 Å². The van der Waals surface area contributed by atoms with E-state index in [1.165, 1.54) is 26.8 Å². The van der Waals surface area contributed by atoms with Crippen molar-refractivity contribution >= 4 is 16.2 Å². The Morgan fingerprint density at radius 2 is 1.21 bits per heavy atom. The molecule has 0 aromatic rings. The Balaban J connectivity index is 0.00000961. The predicted molar refractivity (Wildman–Crippen MR) is 284 cm³/mol. The summed E-state index contributed by atoms with van der Waals surface area (Å²) < 4.78 is 102. The van der Waals surface area contributed by atoms with Crippen LogP contribution >= 0.6 is 0 Å². The minimum absolute atomic E-state index is 0. The molecule has 5 aliphatic heterocycles. The molecule has 9 aliphatic rings. The van der Waals surface area contributed by atoms with Crippen molar-refractivity contribution in [3.05, 3.63) is 23.3 Å². The molecule has 0 aromatic heterocycles. The number of allylic oxidation sites excluding steroid dienone is 4. The molecule has 9 rings (SSSR count). The van der Waals surface area contributed by atoms with Crippen LogP contribution in [-0.2, 0) is 66.7 Å². The molecule has 13 N–H and O–H groups in total. The Morgan fingerprint density at radius 3 is 1.78 bits per heavy atom. The normalized spacial score (nSPS) is 50.5. The molecule has 0 aromatic carbocycles. The van der Waals surface area contributed by atoms with Crippen molar-refractivity contribution < 1.29 is 165 Å². The monoisotopic (exact) mass is 1260 g/mol. The van der Waals surface area contributed by atoms with E-state index < -0.39 is 206 Å². The molecule has 4 aliphatic carbocycles. The average Bonchev–Trinajstić information content (AvgIpc) is 1.30. The summed E-state index contributed by atoms with van der Waals surface area (Å²) in [6, 6.07) is 0. The van der Waals surface area contributed by atoms with Crippen LogP contribution in [0.25, 0.3) is 0 Å². The fourth-order valence-electron chi connectivity index (χ4n) is 15.6. The summed E-state index contributed by atoms with van der Waals surface area (Å²) in [6.45, 7) is 12.2. The number of fused-ring (bicyclic) bond motifs is 5. The van der Waals surface area contributed by atoms with Crippen molar-refractivity contribution in [2.75, 3.05) is 13.2 Å². The molecule has 28 nitrogen and oxygen atoms in total. The van der Waals surface area contributed by atoms with Crippen molar-refractivity contribution in [1.82, 2.24) is 0 Å². The Kier molecular flexibility index (Phi) is 22.8. The number of hydrogen-bond acceptors (Lipinski definition) is 28. The summed E-state index contributed by atoms with van der Waals surface area (Å²) in [7, 11) is -5.14. The molecule has 0 bridgehead atoms. The number of aliphatic hydroxyl groups is 13. The third kappa shape index (κ3) is 14.1. The van der Waals surface area contributed by atoms with E-state index in [0.29, 0.717) is 32.1 Å². The second-order valence-electron chi connectivity index (χ2n) is 26.2. The van der Waals surface area contributed by atoms with E-state index in [0.717, 1.165) is 11.1 Å². The molecule has 3 saturated carbocycles. The second kappa shape index (κ2) is 27.6. The number of ketones is 1. The smallest absolute Gasteiger partial charge is 0.726 e. The first kappa shape index (κ1) is 71.0. The minimum atomic E-state index is -5.14. The molecule has 33 atom stereocenters. The quantitative estimate of drug-likeness (QED) is 0.0212. The predicted octanol–water partition coefficient (Wildman–Crippen LogP) is -6.10. The van der Waals surface area contributed by atoms with Gasteiger partial charge >= 0.3 is 29.6 Å². The third-order valence-electron chi connectivity index (χ3n) is 20.1. The fourth-order valence-corrected chi connectivity index (χ4v) is 16.1. The molecule has 8 fully saturated rings. The van der Waals surface area contributed by atoms with Crippen LogP contribution in [0.4, 0.5) is 0 Å². The standard InChI is InChI=1S/C56H90O28S.Na/c1-21(2)15-25(58)18-56(8,70)34-10-9-28-27-17-31(30-16-26(84-85(71,72)73)11-13-54(30,6)29(27)12-14-55(28,34)7)78-51-45(69)46(37(61)24(5)77-51)81-52-47(82-49-43(67)40(64)35(59)22(3)75-49)39(63)33(20-74-52)80-53-48(42(66)38(62)32(19-57)79-53)83-50-44(68)41(65)36(60)23(4)76-50;/h12,15,22-24,26-28,30-53,57,59-70H,9-11,13-14,16-20H2,1-8H3,(H,71,72,73);/q;+1/p-1/t22-,23-,24-,26+,27+,28+,30-,31+,32-,33-,34+,35-,36+,37-,38+,39+,40+,41+,42+,43-,44-,45-,46+,47-,48-,49?,50?,51?,52?,53?,54-,55+,56-;/m1./s1. The van der Waals surface area contributed by atoms with Crippen molar-refractivity contribution in [3.63, 3.8) is 0 Å². The van der Waals surface area contributed by atoms with Gasteiger partial charge in [-0.1, -0.05) is 31.1 Å². The van der Waals surface area contributed by atoms with Crippen LogP contribution in [0.1, 0.15) is 107 Å². The molecule has 5 unspecified atom stereocenters. The SMILES string of the molecule is CC(C)=CC(=O)C[C@@](C)(O)[C@H]1CC[C@H]2[C@@H]3C[C@H](OC4O[C@H](C)[C@@H](O)[C@H](OC5OC[C@@H](OC6O[C@H](CO)[C@H](O)[C@H](O)[C@H]6OC6O[C@H](C)[C@H](O)[C@H](O)[C@H]6O)[C@H](O)[C@H]5OC5O[C@H](C)[C@@H](O)[C@H](O)[C@H]5O)[C@H]4O)[C@H]4C[C@@H](OS(=O)(=O)[O-])CC[C@]4(C)C3=CC[C@@]21C.[Na+]. The number of aliphatic hydroxyl groups excluding tert-OH is 12. The van der Waals surface area contributed by atoms with Gasteiger partial charge in [0.15, 0.2) is 37.2 Å². The van der Waals surface area contributed by atoms with Gasteiger partial charge in [-0.15, -0.1) is 0 Å². The molecule has 488 valence electrons. The van der Waals surface area contributed by atoms with Crippen LogP contribution in [0.2, 0.25) is 0 Å². The van der Waals surface area contributed by atoms with Gasteiger partial charge in [0.1, 0.15) is 97.7 Å². The zero-order valence-corrected chi connectivity index (χ0v) is 52.7. The maximum atomic E-state index is 13.1.